The number of pyridine rings is 1. The van der Waals surface area contributed by atoms with E-state index in [1.54, 1.807) is 6.20 Å². The highest BCUT2D eigenvalue weighted by molar-refractivity contribution is 6.31. The van der Waals surface area contributed by atoms with Crippen molar-refractivity contribution in [2.45, 2.75) is 18.8 Å². The molecule has 1 atom stereocenters. The summed E-state index contributed by atoms with van der Waals surface area (Å²) in [5.41, 5.74) is 3.27. The molecule has 0 saturated heterocycles. The van der Waals surface area contributed by atoms with Crippen LogP contribution in [0.15, 0.2) is 24.7 Å². The zero-order chi connectivity index (χ0) is 12.5. The largest absolute Gasteiger partial charge is 0.298 e. The Balaban J connectivity index is 2.13. The molecule has 0 fully saturated rings. The van der Waals surface area contributed by atoms with Gasteiger partial charge in [-0.15, -0.1) is 0 Å². The van der Waals surface area contributed by atoms with E-state index in [4.69, 9.17) is 11.6 Å². The summed E-state index contributed by atoms with van der Waals surface area (Å²) >= 11 is 5.93. The maximum Gasteiger partial charge on any atom is 0.155 e. The molecule has 5 heteroatoms. The minimum absolute atomic E-state index is 0.0434. The van der Waals surface area contributed by atoms with Crippen LogP contribution in [0.5, 0.6) is 0 Å². The normalized spacial score (nSPS) is 17.5. The van der Waals surface area contributed by atoms with E-state index in [2.05, 4.69) is 21.0 Å². The Kier molecular flexibility index (Phi) is 2.80. The van der Waals surface area contributed by atoms with Crippen molar-refractivity contribution in [2.24, 2.45) is 0 Å². The number of hydrogen-bond acceptors (Lipinski definition) is 4. The molecule has 0 N–H and O–H groups in total. The molecule has 0 bridgehead atoms. The highest BCUT2D eigenvalue weighted by Gasteiger charge is 2.29. The number of carbonyl (C=O) groups excluding carboxylic acids is 1. The zero-order valence-electron chi connectivity index (χ0n) is 9.51. The smallest absolute Gasteiger partial charge is 0.155 e. The van der Waals surface area contributed by atoms with Crippen molar-refractivity contribution < 1.29 is 4.79 Å². The van der Waals surface area contributed by atoms with Crippen LogP contribution in [0.25, 0.3) is 0 Å². The summed E-state index contributed by atoms with van der Waals surface area (Å²) in [4.78, 5) is 23.6. The fourth-order valence-electron chi connectivity index (χ4n) is 2.45. The predicted molar refractivity (Wildman–Crippen MR) is 66.8 cm³/mol. The Morgan fingerprint density at radius 3 is 3.00 bits per heavy atom. The molecule has 1 unspecified atom stereocenters. The number of aryl methyl sites for hydroxylation is 1. The minimum Gasteiger partial charge on any atom is -0.298 e. The summed E-state index contributed by atoms with van der Waals surface area (Å²) < 4.78 is 0. The fourth-order valence-corrected chi connectivity index (χ4v) is 2.64. The number of aldehydes is 1. The van der Waals surface area contributed by atoms with Crippen LogP contribution >= 0.6 is 11.6 Å². The van der Waals surface area contributed by atoms with Gasteiger partial charge in [0.1, 0.15) is 11.5 Å². The third-order valence-electron chi connectivity index (χ3n) is 3.27. The van der Waals surface area contributed by atoms with E-state index in [-0.39, 0.29) is 11.1 Å². The van der Waals surface area contributed by atoms with Gasteiger partial charge in [-0.1, -0.05) is 17.7 Å². The number of rotatable bonds is 2. The molecular weight excluding hydrogens is 250 g/mol. The quantitative estimate of drug-likeness (QED) is 0.614. The second kappa shape index (κ2) is 4.46. The molecule has 0 spiro atoms. The third-order valence-corrected chi connectivity index (χ3v) is 3.57. The second-order valence-corrected chi connectivity index (χ2v) is 4.58. The van der Waals surface area contributed by atoms with Gasteiger partial charge in [0.2, 0.25) is 0 Å². The first-order valence-corrected chi connectivity index (χ1v) is 6.08. The molecule has 1 aliphatic rings. The molecule has 2 aromatic rings. The molecule has 2 heterocycles. The van der Waals surface area contributed by atoms with Gasteiger partial charge in [0.15, 0.2) is 6.29 Å². The number of carbonyl (C=O) groups is 1. The first-order chi connectivity index (χ1) is 8.81. The highest BCUT2D eigenvalue weighted by atomic mass is 35.5. The van der Waals surface area contributed by atoms with E-state index in [0.29, 0.717) is 11.3 Å². The summed E-state index contributed by atoms with van der Waals surface area (Å²) in [6, 6.07) is 3.99. The van der Waals surface area contributed by atoms with E-state index >= 15 is 0 Å². The van der Waals surface area contributed by atoms with Gasteiger partial charge in [-0.3, -0.25) is 9.78 Å². The molecule has 0 saturated carbocycles. The standard InChI is InChI=1S/C13H10ClN3O/c14-13-10(6-18)12(16-7-17-13)9-4-3-8-2-1-5-15-11(8)9/h1-2,5-7,9H,3-4H2. The summed E-state index contributed by atoms with van der Waals surface area (Å²) in [5.74, 6) is 0.0434. The van der Waals surface area contributed by atoms with Gasteiger partial charge in [-0.05, 0) is 24.5 Å². The van der Waals surface area contributed by atoms with Crippen LogP contribution in [0.4, 0.5) is 0 Å². The van der Waals surface area contributed by atoms with Gasteiger partial charge in [-0.25, -0.2) is 9.97 Å². The summed E-state index contributed by atoms with van der Waals surface area (Å²) in [7, 11) is 0. The van der Waals surface area contributed by atoms with Crippen LogP contribution in [-0.4, -0.2) is 21.2 Å². The van der Waals surface area contributed by atoms with E-state index in [0.717, 1.165) is 24.8 Å². The van der Waals surface area contributed by atoms with Crippen LogP contribution in [0.1, 0.15) is 39.6 Å². The van der Waals surface area contributed by atoms with E-state index in [9.17, 15) is 4.79 Å². The maximum absolute atomic E-state index is 11.1. The molecule has 18 heavy (non-hydrogen) atoms. The molecule has 0 amide bonds. The van der Waals surface area contributed by atoms with Crippen molar-refractivity contribution in [3.05, 3.63) is 52.3 Å². The first kappa shape index (κ1) is 11.3. The number of aromatic nitrogens is 3. The summed E-state index contributed by atoms with van der Waals surface area (Å²) in [6.07, 6.45) is 5.74. The summed E-state index contributed by atoms with van der Waals surface area (Å²) in [6.45, 7) is 0. The molecule has 90 valence electrons. The summed E-state index contributed by atoms with van der Waals surface area (Å²) in [5, 5.41) is 0.208. The fraction of sp³-hybridized carbons (Fsp3) is 0.231. The molecular formula is C13H10ClN3O. The Labute approximate surface area is 109 Å². The Bertz CT molecular complexity index is 615. The van der Waals surface area contributed by atoms with Gasteiger partial charge in [0.05, 0.1) is 17.0 Å². The Morgan fingerprint density at radius 1 is 1.28 bits per heavy atom. The van der Waals surface area contributed by atoms with Gasteiger partial charge in [0.25, 0.3) is 0 Å². The van der Waals surface area contributed by atoms with Crippen LogP contribution in [0.2, 0.25) is 5.15 Å². The van der Waals surface area contributed by atoms with Crippen LogP contribution in [0, 0.1) is 0 Å². The second-order valence-electron chi connectivity index (χ2n) is 4.22. The van der Waals surface area contributed by atoms with Crippen molar-refractivity contribution >= 4 is 17.9 Å². The molecule has 2 aromatic heterocycles. The lowest BCUT2D eigenvalue weighted by atomic mass is 9.99. The number of fused-ring (bicyclic) bond motifs is 1. The van der Waals surface area contributed by atoms with Crippen LogP contribution in [0.3, 0.4) is 0 Å². The zero-order valence-corrected chi connectivity index (χ0v) is 10.3. The van der Waals surface area contributed by atoms with Crippen molar-refractivity contribution in [3.63, 3.8) is 0 Å². The van der Waals surface area contributed by atoms with Gasteiger partial charge >= 0.3 is 0 Å². The number of hydrogen-bond donors (Lipinski definition) is 0. The predicted octanol–water partition coefficient (Wildman–Crippen LogP) is 2.42. The van der Waals surface area contributed by atoms with Crippen molar-refractivity contribution in [1.82, 2.24) is 15.0 Å². The lowest BCUT2D eigenvalue weighted by Crippen LogP contribution is -2.07. The van der Waals surface area contributed by atoms with E-state index in [1.165, 1.54) is 11.9 Å². The molecule has 0 aliphatic heterocycles. The Hall–Kier alpha value is -1.81. The monoisotopic (exact) mass is 259 g/mol. The lowest BCUT2D eigenvalue weighted by Gasteiger charge is -2.12. The van der Waals surface area contributed by atoms with Crippen molar-refractivity contribution in [2.75, 3.05) is 0 Å². The average molecular weight is 260 g/mol. The number of halogens is 1. The highest BCUT2D eigenvalue weighted by Crippen LogP contribution is 2.37. The van der Waals surface area contributed by atoms with Gasteiger partial charge < -0.3 is 0 Å². The van der Waals surface area contributed by atoms with Crippen LogP contribution < -0.4 is 0 Å². The molecule has 0 aromatic carbocycles. The average Bonchev–Trinajstić information content (AvgIpc) is 2.82. The Morgan fingerprint density at radius 2 is 2.17 bits per heavy atom. The van der Waals surface area contributed by atoms with Gasteiger partial charge in [0, 0.05) is 12.1 Å². The van der Waals surface area contributed by atoms with Crippen molar-refractivity contribution in [3.8, 4) is 0 Å². The number of nitrogens with zero attached hydrogens (tertiary/aromatic N) is 3. The van der Waals surface area contributed by atoms with E-state index < -0.39 is 0 Å². The first-order valence-electron chi connectivity index (χ1n) is 5.70. The van der Waals surface area contributed by atoms with Crippen molar-refractivity contribution in [1.29, 1.82) is 0 Å². The van der Waals surface area contributed by atoms with E-state index in [1.807, 2.05) is 6.07 Å². The SMILES string of the molecule is O=Cc1c(Cl)ncnc1C1CCc2cccnc21. The molecule has 4 nitrogen and oxygen atoms in total. The van der Waals surface area contributed by atoms with Gasteiger partial charge in [-0.2, -0.15) is 0 Å². The van der Waals surface area contributed by atoms with Crippen LogP contribution in [-0.2, 0) is 6.42 Å². The topological polar surface area (TPSA) is 55.7 Å². The maximum atomic E-state index is 11.1. The minimum atomic E-state index is 0.0434. The third kappa shape index (κ3) is 1.69. The molecule has 0 radical (unpaired) electrons. The molecule has 1 aliphatic carbocycles. The molecule has 3 rings (SSSR count). The lowest BCUT2D eigenvalue weighted by molar-refractivity contribution is 0.112.